The van der Waals surface area contributed by atoms with Gasteiger partial charge in [-0.05, 0) is 38.1 Å². The second-order valence-electron chi connectivity index (χ2n) is 4.94. The Hall–Kier alpha value is -3.03. The molecule has 0 radical (unpaired) electrons. The topological polar surface area (TPSA) is 126 Å². The molecule has 0 aromatic heterocycles. The molecule has 0 saturated carbocycles. The molecular formula is C16H18N2O6. The van der Waals surface area contributed by atoms with Crippen molar-refractivity contribution in [1.82, 2.24) is 0 Å². The highest BCUT2D eigenvalue weighted by molar-refractivity contribution is 5.94. The third kappa shape index (κ3) is 6.82. The Kier molecular flexibility index (Phi) is 7.28. The van der Waals surface area contributed by atoms with E-state index in [1.54, 1.807) is 0 Å². The number of phenolic OH excluding ortho intramolecular Hbond substituents is 1. The van der Waals surface area contributed by atoms with Crippen LogP contribution in [-0.2, 0) is 19.1 Å². The van der Waals surface area contributed by atoms with Crippen molar-refractivity contribution in [2.24, 2.45) is 10.2 Å². The number of carbonyl (C=O) groups excluding carboxylic acids is 2. The van der Waals surface area contributed by atoms with Crippen LogP contribution >= 0.6 is 0 Å². The van der Waals surface area contributed by atoms with Crippen molar-refractivity contribution in [2.75, 3.05) is 6.61 Å². The summed E-state index contributed by atoms with van der Waals surface area (Å²) >= 11 is 0. The van der Waals surface area contributed by atoms with Crippen molar-refractivity contribution in [1.29, 1.82) is 0 Å². The zero-order valence-corrected chi connectivity index (χ0v) is 13.4. The number of aliphatic carboxylic acids is 1. The second-order valence-corrected chi connectivity index (χ2v) is 4.94. The van der Waals surface area contributed by atoms with E-state index in [0.29, 0.717) is 5.69 Å². The van der Waals surface area contributed by atoms with Gasteiger partial charge in [0, 0.05) is 6.42 Å². The summed E-state index contributed by atoms with van der Waals surface area (Å²) in [5, 5.41) is 26.0. The fourth-order valence-corrected chi connectivity index (χ4v) is 1.59. The number of benzene rings is 1. The molecule has 0 amide bonds. The fourth-order valence-electron chi connectivity index (χ4n) is 1.59. The maximum absolute atomic E-state index is 11.3. The summed E-state index contributed by atoms with van der Waals surface area (Å²) in [6.45, 7) is 2.53. The standard InChI is InChI=1S/C16H18N2O6/c1-10(19)9-15(21)24-8-7-14(11(2)16(22)23)18-17-12-3-5-13(20)6-4-12/h3-6,20H,7-9H2,1-2H3,(H,22,23). The van der Waals surface area contributed by atoms with Crippen LogP contribution in [0.4, 0.5) is 5.69 Å². The summed E-state index contributed by atoms with van der Waals surface area (Å²) in [6, 6.07) is 5.87. The lowest BCUT2D eigenvalue weighted by Gasteiger charge is -2.05. The van der Waals surface area contributed by atoms with Gasteiger partial charge in [-0.1, -0.05) is 0 Å². The highest BCUT2D eigenvalue weighted by Gasteiger charge is 2.11. The average molecular weight is 334 g/mol. The summed E-state index contributed by atoms with van der Waals surface area (Å²) in [6.07, 6.45) is -0.282. The smallest absolute Gasteiger partial charge is 0.333 e. The molecule has 0 fully saturated rings. The van der Waals surface area contributed by atoms with E-state index < -0.39 is 11.9 Å². The number of hydrogen-bond donors (Lipinski definition) is 2. The van der Waals surface area contributed by atoms with Crippen molar-refractivity contribution in [2.45, 2.75) is 26.7 Å². The van der Waals surface area contributed by atoms with E-state index in [2.05, 4.69) is 10.2 Å². The Morgan fingerprint density at radius 2 is 1.75 bits per heavy atom. The van der Waals surface area contributed by atoms with Crippen molar-refractivity contribution in [3.63, 3.8) is 0 Å². The lowest BCUT2D eigenvalue weighted by Crippen LogP contribution is -2.10. The number of nitrogens with zero attached hydrogens (tertiary/aromatic N) is 2. The summed E-state index contributed by atoms with van der Waals surface area (Å²) in [7, 11) is 0. The van der Waals surface area contributed by atoms with Crippen molar-refractivity contribution in [3.05, 3.63) is 35.5 Å². The Balaban J connectivity index is 2.77. The number of carboxylic acids is 1. The van der Waals surface area contributed by atoms with Crippen LogP contribution in [0.15, 0.2) is 45.8 Å². The Bertz CT molecular complexity index is 676. The molecule has 0 atom stereocenters. The number of azo groups is 1. The fraction of sp³-hybridized carbons (Fsp3) is 0.312. The molecule has 2 N–H and O–H groups in total. The summed E-state index contributed by atoms with van der Waals surface area (Å²) in [5.74, 6) is -2.08. The molecular weight excluding hydrogens is 316 g/mol. The van der Waals surface area contributed by atoms with Gasteiger partial charge in [0.05, 0.1) is 23.6 Å². The molecule has 1 aromatic carbocycles. The monoisotopic (exact) mass is 334 g/mol. The molecule has 0 aliphatic carbocycles. The van der Waals surface area contributed by atoms with Gasteiger partial charge in [0.15, 0.2) is 0 Å². The van der Waals surface area contributed by atoms with Gasteiger partial charge in [0.1, 0.15) is 18.0 Å². The average Bonchev–Trinajstić information content (AvgIpc) is 2.50. The van der Waals surface area contributed by atoms with Crippen LogP contribution in [0, 0.1) is 0 Å². The van der Waals surface area contributed by atoms with Gasteiger partial charge in [-0.15, -0.1) is 0 Å². The SMILES string of the molecule is CC(=O)CC(=O)OCCC(N=Nc1ccc(O)cc1)=C(C)C(=O)O. The first-order valence-corrected chi connectivity index (χ1v) is 7.08. The molecule has 24 heavy (non-hydrogen) atoms. The van der Waals surface area contributed by atoms with E-state index in [1.165, 1.54) is 38.1 Å². The number of ketones is 1. The first kappa shape index (κ1) is 19.0. The van der Waals surface area contributed by atoms with Gasteiger partial charge < -0.3 is 14.9 Å². The molecule has 8 nitrogen and oxygen atoms in total. The van der Waals surface area contributed by atoms with Gasteiger partial charge in [0.2, 0.25) is 0 Å². The van der Waals surface area contributed by atoms with Crippen molar-refractivity contribution >= 4 is 23.4 Å². The van der Waals surface area contributed by atoms with E-state index >= 15 is 0 Å². The minimum Gasteiger partial charge on any atom is -0.508 e. The maximum atomic E-state index is 11.3. The largest absolute Gasteiger partial charge is 0.508 e. The predicted molar refractivity (Wildman–Crippen MR) is 83.8 cm³/mol. The highest BCUT2D eigenvalue weighted by atomic mass is 16.5. The number of aromatic hydroxyl groups is 1. The predicted octanol–water partition coefficient (Wildman–Crippen LogP) is 2.75. The molecule has 1 rings (SSSR count). The van der Waals surface area contributed by atoms with Crippen LogP contribution in [0.5, 0.6) is 5.75 Å². The first-order valence-electron chi connectivity index (χ1n) is 7.08. The number of carboxylic acid groups (broad SMARTS) is 1. The number of phenols is 1. The van der Waals surface area contributed by atoms with Crippen LogP contribution in [0.2, 0.25) is 0 Å². The normalized spacial score (nSPS) is 11.9. The first-order chi connectivity index (χ1) is 11.3. The van der Waals surface area contributed by atoms with Crippen LogP contribution in [0.3, 0.4) is 0 Å². The lowest BCUT2D eigenvalue weighted by atomic mass is 10.2. The maximum Gasteiger partial charge on any atom is 0.333 e. The quantitative estimate of drug-likeness (QED) is 0.326. The van der Waals surface area contributed by atoms with Crippen molar-refractivity contribution < 1.29 is 29.3 Å². The number of rotatable bonds is 8. The summed E-state index contributed by atoms with van der Waals surface area (Å²) < 4.78 is 4.86. The van der Waals surface area contributed by atoms with Gasteiger partial charge in [-0.3, -0.25) is 9.59 Å². The minimum atomic E-state index is -1.16. The van der Waals surface area contributed by atoms with Crippen LogP contribution < -0.4 is 0 Å². The zero-order chi connectivity index (χ0) is 18.1. The molecule has 8 heteroatoms. The number of Topliss-reactive ketones (excluding diaryl/α,β-unsaturated/α-hetero) is 1. The summed E-state index contributed by atoms with van der Waals surface area (Å²) in [5.41, 5.74) is 0.545. The number of ether oxygens (including phenoxy) is 1. The lowest BCUT2D eigenvalue weighted by molar-refractivity contribution is -0.145. The van der Waals surface area contributed by atoms with Gasteiger partial charge >= 0.3 is 11.9 Å². The molecule has 0 aliphatic rings. The van der Waals surface area contributed by atoms with Crippen molar-refractivity contribution in [3.8, 4) is 5.75 Å². The summed E-state index contributed by atoms with van der Waals surface area (Å²) in [4.78, 5) is 33.2. The zero-order valence-electron chi connectivity index (χ0n) is 13.4. The highest BCUT2D eigenvalue weighted by Crippen LogP contribution is 2.20. The second kappa shape index (κ2) is 9.19. The molecule has 128 valence electrons. The number of carbonyl (C=O) groups is 3. The van der Waals surface area contributed by atoms with E-state index in [1.807, 2.05) is 0 Å². The molecule has 0 aliphatic heterocycles. The molecule has 0 spiro atoms. The Labute approximate surface area is 138 Å². The Morgan fingerprint density at radius 3 is 2.29 bits per heavy atom. The van der Waals surface area contributed by atoms with Crippen LogP contribution in [0.1, 0.15) is 26.7 Å². The van der Waals surface area contributed by atoms with Gasteiger partial charge in [-0.2, -0.15) is 10.2 Å². The van der Waals surface area contributed by atoms with E-state index in [-0.39, 0.29) is 42.3 Å². The third-order valence-electron chi connectivity index (χ3n) is 2.88. The molecule has 1 aromatic rings. The van der Waals surface area contributed by atoms with Gasteiger partial charge in [0.25, 0.3) is 0 Å². The third-order valence-corrected chi connectivity index (χ3v) is 2.88. The van der Waals surface area contributed by atoms with Crippen LogP contribution in [-0.4, -0.2) is 34.5 Å². The minimum absolute atomic E-state index is 0.0276. The Morgan fingerprint density at radius 1 is 1.12 bits per heavy atom. The molecule has 0 unspecified atom stereocenters. The van der Waals surface area contributed by atoms with E-state index in [9.17, 15) is 19.5 Å². The van der Waals surface area contributed by atoms with Crippen LogP contribution in [0.25, 0.3) is 0 Å². The van der Waals surface area contributed by atoms with Gasteiger partial charge in [-0.25, -0.2) is 4.79 Å². The molecule has 0 bridgehead atoms. The van der Waals surface area contributed by atoms with E-state index in [0.717, 1.165) is 0 Å². The number of esters is 1. The van der Waals surface area contributed by atoms with E-state index in [4.69, 9.17) is 9.84 Å². The number of hydrogen-bond acceptors (Lipinski definition) is 7. The molecule has 0 heterocycles. The molecule has 0 saturated heterocycles.